The van der Waals surface area contributed by atoms with Crippen LogP contribution >= 0.6 is 0 Å². The van der Waals surface area contributed by atoms with E-state index in [4.69, 9.17) is 0 Å². The molecule has 0 atom stereocenters. The van der Waals surface area contributed by atoms with Gasteiger partial charge < -0.3 is 0 Å². The van der Waals surface area contributed by atoms with Crippen LogP contribution in [0.3, 0.4) is 0 Å². The number of imidazole rings is 2. The molecule has 0 aliphatic heterocycles. The number of rotatable bonds is 5. The molecule has 0 amide bonds. The fourth-order valence-electron chi connectivity index (χ4n) is 6.09. The molecular formula is C38H32N6+4. The van der Waals surface area contributed by atoms with E-state index in [-0.39, 0.29) is 0 Å². The van der Waals surface area contributed by atoms with Crippen LogP contribution in [0.4, 0.5) is 0 Å². The molecule has 0 saturated heterocycles. The van der Waals surface area contributed by atoms with Crippen molar-refractivity contribution in [3.8, 4) is 45.0 Å². The zero-order valence-electron chi connectivity index (χ0n) is 24.7. The van der Waals surface area contributed by atoms with Crippen molar-refractivity contribution in [3.05, 3.63) is 159 Å². The molecule has 0 fully saturated rings. The minimum Gasteiger partial charge on any atom is -0.226 e. The fraction of sp³-hybridized carbons (Fsp3) is 0.0526. The van der Waals surface area contributed by atoms with E-state index in [1.54, 1.807) is 0 Å². The summed E-state index contributed by atoms with van der Waals surface area (Å²) in [6, 6.07) is 38.6. The number of pyridine rings is 4. The molecular weight excluding hydrogens is 540 g/mol. The number of aryl methyl sites for hydroxylation is 2. The quantitative estimate of drug-likeness (QED) is 0.247. The van der Waals surface area contributed by atoms with Crippen LogP contribution < -0.4 is 17.9 Å². The van der Waals surface area contributed by atoms with Crippen LogP contribution in [0, 0.1) is 0 Å². The standard InChI is InChI=1S/C38H32N6/c1-39-35(27-43-21-5-3-7-37(39)43)31-9-13-33(14-10-31)41-23-17-29(18-24-41)30-19-25-42(26-20-30)34-15-11-32(12-16-34)36-28-44-22-6-4-8-38(44)40(36)2/h3-28H,1-2H3/q+4. The zero-order valence-corrected chi connectivity index (χ0v) is 24.7. The second-order valence-electron chi connectivity index (χ2n) is 11.2. The summed E-state index contributed by atoms with van der Waals surface area (Å²) in [5.41, 5.74) is 11.7. The molecule has 0 unspecified atom stereocenters. The molecule has 8 rings (SSSR count). The summed E-state index contributed by atoms with van der Waals surface area (Å²) < 4.78 is 13.1. The maximum absolute atomic E-state index is 2.22. The number of hydrogen-bond donors (Lipinski definition) is 0. The minimum absolute atomic E-state index is 1.13. The van der Waals surface area contributed by atoms with E-state index in [1.807, 2.05) is 0 Å². The Labute approximate surface area is 255 Å². The van der Waals surface area contributed by atoms with Gasteiger partial charge in [-0.25, -0.2) is 17.9 Å². The van der Waals surface area contributed by atoms with E-state index in [1.165, 1.54) is 33.6 Å². The monoisotopic (exact) mass is 572 g/mol. The lowest BCUT2D eigenvalue weighted by Crippen LogP contribution is -2.29. The molecule has 8 aromatic rings. The van der Waals surface area contributed by atoms with E-state index >= 15 is 0 Å². The van der Waals surface area contributed by atoms with Gasteiger partial charge in [-0.15, -0.1) is 0 Å². The normalized spacial score (nSPS) is 11.4. The molecule has 0 spiro atoms. The Bertz CT molecular complexity index is 2090. The lowest BCUT2D eigenvalue weighted by molar-refractivity contribution is -0.596. The third-order valence-electron chi connectivity index (χ3n) is 8.58. The second-order valence-corrected chi connectivity index (χ2v) is 11.2. The van der Waals surface area contributed by atoms with E-state index < -0.39 is 0 Å². The third-order valence-corrected chi connectivity index (χ3v) is 8.58. The van der Waals surface area contributed by atoms with Crippen LogP contribution in [0.2, 0.25) is 0 Å². The van der Waals surface area contributed by atoms with E-state index in [0.717, 1.165) is 22.7 Å². The Hall–Kier alpha value is -5.88. The number of benzene rings is 2. The smallest absolute Gasteiger partial charge is 0.226 e. The molecule has 6 heteroatoms. The maximum Gasteiger partial charge on any atom is 0.286 e. The van der Waals surface area contributed by atoms with Crippen molar-refractivity contribution in [2.75, 3.05) is 0 Å². The van der Waals surface area contributed by atoms with Gasteiger partial charge in [0.05, 0.1) is 26.5 Å². The highest BCUT2D eigenvalue weighted by molar-refractivity contribution is 5.64. The summed E-state index contributed by atoms with van der Waals surface area (Å²) in [4.78, 5) is 0. The molecule has 2 aromatic carbocycles. The first-order chi connectivity index (χ1) is 21.6. The SMILES string of the molecule is Cn1c(-c2ccc(-[n+]3ccc(-c4cc[n+](-c5ccc(-c6c[n+]7ccccc7n6C)cc5)cc4)cc3)cc2)c[n+]2ccccc12. The van der Waals surface area contributed by atoms with Crippen LogP contribution in [-0.2, 0) is 14.1 Å². The maximum atomic E-state index is 2.22. The molecule has 0 aliphatic rings. The Balaban J connectivity index is 0.986. The van der Waals surface area contributed by atoms with Crippen molar-refractivity contribution >= 4 is 11.3 Å². The van der Waals surface area contributed by atoms with Gasteiger partial charge in [-0.1, -0.05) is 12.1 Å². The summed E-state index contributed by atoms with van der Waals surface area (Å²) in [6.45, 7) is 0. The van der Waals surface area contributed by atoms with Crippen molar-refractivity contribution in [1.29, 1.82) is 0 Å². The molecule has 6 aromatic heterocycles. The number of fused-ring (bicyclic) bond motifs is 2. The zero-order chi connectivity index (χ0) is 29.6. The molecule has 6 nitrogen and oxygen atoms in total. The summed E-state index contributed by atoms with van der Waals surface area (Å²) >= 11 is 0. The summed E-state index contributed by atoms with van der Waals surface area (Å²) in [6.07, 6.45) is 17.0. The Kier molecular flexibility index (Phi) is 6.12. The highest BCUT2D eigenvalue weighted by atomic mass is 15.1. The van der Waals surface area contributed by atoms with Crippen molar-refractivity contribution < 1.29 is 17.9 Å². The van der Waals surface area contributed by atoms with Crippen LogP contribution in [0.25, 0.3) is 56.3 Å². The fourth-order valence-corrected chi connectivity index (χ4v) is 6.09. The minimum atomic E-state index is 1.13. The first-order valence-electron chi connectivity index (χ1n) is 14.8. The second kappa shape index (κ2) is 10.4. The van der Waals surface area contributed by atoms with Gasteiger partial charge in [0, 0.05) is 71.8 Å². The van der Waals surface area contributed by atoms with E-state index in [2.05, 4.69) is 200 Å². The first-order valence-corrected chi connectivity index (χ1v) is 14.8. The molecule has 210 valence electrons. The lowest BCUT2D eigenvalue weighted by atomic mass is 10.1. The first kappa shape index (κ1) is 25.8. The van der Waals surface area contributed by atoms with Gasteiger partial charge in [0.1, 0.15) is 12.4 Å². The topological polar surface area (TPSA) is 25.8 Å². The van der Waals surface area contributed by atoms with Crippen LogP contribution in [0.1, 0.15) is 0 Å². The molecule has 0 bridgehead atoms. The van der Waals surface area contributed by atoms with Crippen LogP contribution in [0.15, 0.2) is 159 Å². The summed E-state index contributed by atoms with van der Waals surface area (Å²) in [5, 5.41) is 0. The molecule has 0 saturated carbocycles. The van der Waals surface area contributed by atoms with E-state index in [9.17, 15) is 0 Å². The molecule has 6 heterocycles. The van der Waals surface area contributed by atoms with Crippen molar-refractivity contribution in [3.63, 3.8) is 0 Å². The number of hydrogen-bond acceptors (Lipinski definition) is 0. The predicted molar refractivity (Wildman–Crippen MR) is 170 cm³/mol. The average Bonchev–Trinajstić information content (AvgIpc) is 3.61. The lowest BCUT2D eigenvalue weighted by Gasteiger charge is -2.03. The van der Waals surface area contributed by atoms with Gasteiger partial charge >= 0.3 is 0 Å². The van der Waals surface area contributed by atoms with E-state index in [0.29, 0.717) is 0 Å². The van der Waals surface area contributed by atoms with Crippen molar-refractivity contribution in [2.45, 2.75) is 0 Å². The average molecular weight is 573 g/mol. The molecule has 0 radical (unpaired) electrons. The molecule has 0 aliphatic carbocycles. The van der Waals surface area contributed by atoms with Crippen molar-refractivity contribution in [1.82, 2.24) is 9.13 Å². The Morgan fingerprint density at radius 2 is 0.773 bits per heavy atom. The molecule has 0 N–H and O–H groups in total. The Morgan fingerprint density at radius 3 is 1.14 bits per heavy atom. The number of nitrogens with zero attached hydrogens (tertiary/aromatic N) is 6. The highest BCUT2D eigenvalue weighted by Crippen LogP contribution is 2.22. The van der Waals surface area contributed by atoms with Gasteiger partial charge in [-0.2, -0.15) is 9.13 Å². The summed E-state index contributed by atoms with van der Waals surface area (Å²) in [5.74, 6) is 0. The predicted octanol–water partition coefficient (Wildman–Crippen LogP) is 5.40. The van der Waals surface area contributed by atoms with Gasteiger partial charge in [-0.3, -0.25) is 0 Å². The van der Waals surface area contributed by atoms with Gasteiger partial charge in [0.2, 0.25) is 11.4 Å². The van der Waals surface area contributed by atoms with Crippen LogP contribution in [0.5, 0.6) is 0 Å². The molecule has 44 heavy (non-hydrogen) atoms. The largest absolute Gasteiger partial charge is 0.286 e. The number of aromatic nitrogens is 6. The van der Waals surface area contributed by atoms with Gasteiger partial charge in [-0.05, 0) is 47.5 Å². The van der Waals surface area contributed by atoms with Crippen molar-refractivity contribution in [2.24, 2.45) is 14.1 Å². The van der Waals surface area contributed by atoms with Gasteiger partial charge in [0.25, 0.3) is 11.3 Å². The third kappa shape index (κ3) is 4.44. The summed E-state index contributed by atoms with van der Waals surface area (Å²) in [7, 11) is 4.22. The highest BCUT2D eigenvalue weighted by Gasteiger charge is 2.18. The Morgan fingerprint density at radius 1 is 0.386 bits per heavy atom. The van der Waals surface area contributed by atoms with Crippen LogP contribution in [-0.4, -0.2) is 9.13 Å². The van der Waals surface area contributed by atoms with Gasteiger partial charge in [0.15, 0.2) is 36.2 Å².